The molecule has 0 spiro atoms. The van der Waals surface area contributed by atoms with E-state index in [0.717, 1.165) is 16.9 Å². The van der Waals surface area contributed by atoms with E-state index in [1.165, 1.54) is 0 Å². The van der Waals surface area contributed by atoms with Gasteiger partial charge in [0.05, 0.1) is 4.34 Å². The summed E-state index contributed by atoms with van der Waals surface area (Å²) in [5.41, 5.74) is 5.58. The molecule has 0 aliphatic heterocycles. The van der Waals surface area contributed by atoms with Gasteiger partial charge in [0.25, 0.3) is 10.0 Å². The van der Waals surface area contributed by atoms with E-state index in [1.54, 1.807) is 26.8 Å². The van der Waals surface area contributed by atoms with Crippen molar-refractivity contribution in [2.24, 2.45) is 5.73 Å². The van der Waals surface area contributed by atoms with Gasteiger partial charge >= 0.3 is 0 Å². The molecule has 0 aliphatic carbocycles. The van der Waals surface area contributed by atoms with Crippen LogP contribution >= 0.6 is 35.3 Å². The van der Waals surface area contributed by atoms with Crippen molar-refractivity contribution in [1.29, 1.82) is 0 Å². The van der Waals surface area contributed by atoms with Crippen molar-refractivity contribution in [3.05, 3.63) is 16.0 Å². The van der Waals surface area contributed by atoms with Gasteiger partial charge in [0, 0.05) is 12.1 Å². The molecule has 0 radical (unpaired) electrons. The van der Waals surface area contributed by atoms with Crippen LogP contribution in [0, 0.1) is 6.92 Å². The number of hydrogen-bond donors (Lipinski definition) is 2. The molecule has 0 fully saturated rings. The summed E-state index contributed by atoms with van der Waals surface area (Å²) in [6.45, 7) is 5.45. The van der Waals surface area contributed by atoms with E-state index < -0.39 is 15.6 Å². The van der Waals surface area contributed by atoms with E-state index in [-0.39, 0.29) is 23.2 Å². The van der Waals surface area contributed by atoms with Crippen LogP contribution in [-0.4, -0.2) is 20.5 Å². The number of rotatable bonds is 4. The minimum absolute atomic E-state index is 0. The molecule has 0 unspecified atom stereocenters. The summed E-state index contributed by atoms with van der Waals surface area (Å²) in [5, 5.41) is 0. The maximum atomic E-state index is 12.0. The first-order valence-electron chi connectivity index (χ1n) is 4.68. The van der Waals surface area contributed by atoms with Gasteiger partial charge in [0.2, 0.25) is 0 Å². The zero-order valence-electron chi connectivity index (χ0n) is 9.78. The van der Waals surface area contributed by atoms with Crippen molar-refractivity contribution < 1.29 is 8.42 Å². The summed E-state index contributed by atoms with van der Waals surface area (Å²) < 4.78 is 27.2. The minimum atomic E-state index is -3.53. The van der Waals surface area contributed by atoms with Crippen LogP contribution in [0.25, 0.3) is 0 Å². The van der Waals surface area contributed by atoms with Crippen LogP contribution in [0.2, 0.25) is 4.34 Å². The smallest absolute Gasteiger partial charge is 0.250 e. The lowest BCUT2D eigenvalue weighted by molar-refractivity contribution is 0.463. The molecule has 4 nitrogen and oxygen atoms in total. The fourth-order valence-electron chi connectivity index (χ4n) is 1.02. The van der Waals surface area contributed by atoms with Crippen LogP contribution in [0.3, 0.4) is 0 Å². The van der Waals surface area contributed by atoms with Crippen LogP contribution in [0.15, 0.2) is 10.3 Å². The molecule has 100 valence electrons. The monoisotopic (exact) mass is 318 g/mol. The summed E-state index contributed by atoms with van der Waals surface area (Å²) in [4.78, 5) is 0. The average Bonchev–Trinajstić information content (AvgIpc) is 2.46. The van der Waals surface area contributed by atoms with Crippen molar-refractivity contribution in [1.82, 2.24) is 4.72 Å². The predicted molar refractivity (Wildman–Crippen MR) is 74.8 cm³/mol. The lowest BCUT2D eigenvalue weighted by Crippen LogP contribution is -2.48. The number of aryl methyl sites for hydroxylation is 1. The third kappa shape index (κ3) is 4.39. The molecule has 0 aromatic carbocycles. The number of halogens is 2. The highest BCUT2D eigenvalue weighted by molar-refractivity contribution is 7.91. The van der Waals surface area contributed by atoms with E-state index in [4.69, 9.17) is 17.3 Å². The Labute approximate surface area is 117 Å². The number of nitrogens with one attached hydrogen (secondary N) is 1. The van der Waals surface area contributed by atoms with E-state index >= 15 is 0 Å². The Balaban J connectivity index is 0.00000256. The van der Waals surface area contributed by atoms with Crippen molar-refractivity contribution in [3.63, 3.8) is 0 Å². The summed E-state index contributed by atoms with van der Waals surface area (Å²) in [6, 6.07) is 1.56. The van der Waals surface area contributed by atoms with Crippen molar-refractivity contribution in [2.45, 2.75) is 30.5 Å². The molecule has 0 amide bonds. The number of thiophene rings is 1. The first kappa shape index (κ1) is 17.2. The third-order valence-electron chi connectivity index (χ3n) is 2.02. The molecule has 0 saturated carbocycles. The molecule has 1 aromatic heterocycles. The van der Waals surface area contributed by atoms with Gasteiger partial charge in [-0.3, -0.25) is 0 Å². The second kappa shape index (κ2) is 5.86. The standard InChI is InChI=1S/C9H15ClN2O2S2.ClH/c1-6-4-7(15-8(6)10)16(13,14)12-9(2,3)5-11;/h4,12H,5,11H2,1-3H3;1H. The molecule has 17 heavy (non-hydrogen) atoms. The van der Waals surface area contributed by atoms with Gasteiger partial charge in [-0.2, -0.15) is 0 Å². The van der Waals surface area contributed by atoms with Gasteiger partial charge in [-0.15, -0.1) is 23.7 Å². The van der Waals surface area contributed by atoms with E-state index in [2.05, 4.69) is 4.72 Å². The second-order valence-electron chi connectivity index (χ2n) is 4.22. The SMILES string of the molecule is Cc1cc(S(=O)(=O)NC(C)(C)CN)sc1Cl.Cl. The van der Waals surface area contributed by atoms with Gasteiger partial charge in [-0.25, -0.2) is 13.1 Å². The largest absolute Gasteiger partial charge is 0.329 e. The van der Waals surface area contributed by atoms with Crippen LogP contribution in [0.4, 0.5) is 0 Å². The van der Waals surface area contributed by atoms with Crippen LogP contribution in [-0.2, 0) is 10.0 Å². The number of sulfonamides is 1. The van der Waals surface area contributed by atoms with Crippen molar-refractivity contribution >= 4 is 45.4 Å². The molecule has 0 aliphatic rings. The predicted octanol–water partition coefficient (Wildman–Crippen LogP) is 2.15. The third-order valence-corrected chi connectivity index (χ3v) is 5.75. The lowest BCUT2D eigenvalue weighted by Gasteiger charge is -2.23. The summed E-state index contributed by atoms with van der Waals surface area (Å²) in [7, 11) is -3.53. The van der Waals surface area contributed by atoms with Gasteiger partial charge in [-0.1, -0.05) is 11.6 Å². The van der Waals surface area contributed by atoms with Crippen LogP contribution in [0.5, 0.6) is 0 Å². The maximum absolute atomic E-state index is 12.0. The van der Waals surface area contributed by atoms with Crippen LogP contribution < -0.4 is 10.5 Å². The molecule has 0 atom stereocenters. The zero-order valence-corrected chi connectivity index (χ0v) is 13.0. The van der Waals surface area contributed by atoms with Gasteiger partial charge in [0.1, 0.15) is 4.21 Å². The average molecular weight is 319 g/mol. The Morgan fingerprint density at radius 2 is 2.06 bits per heavy atom. The topological polar surface area (TPSA) is 72.2 Å². The first-order valence-corrected chi connectivity index (χ1v) is 7.36. The number of hydrogen-bond acceptors (Lipinski definition) is 4. The molecule has 1 aromatic rings. The number of nitrogens with two attached hydrogens (primary N) is 1. The lowest BCUT2D eigenvalue weighted by atomic mass is 10.1. The normalized spacial score (nSPS) is 12.3. The molecule has 0 saturated heterocycles. The first-order chi connectivity index (χ1) is 7.18. The quantitative estimate of drug-likeness (QED) is 0.893. The maximum Gasteiger partial charge on any atom is 0.250 e. The van der Waals surface area contributed by atoms with Gasteiger partial charge in [0.15, 0.2) is 0 Å². The Hall–Kier alpha value is 0.150. The molecular weight excluding hydrogens is 303 g/mol. The highest BCUT2D eigenvalue weighted by atomic mass is 35.5. The Kier molecular flexibility index (Phi) is 5.91. The second-order valence-corrected chi connectivity index (χ2v) is 7.78. The molecule has 1 heterocycles. The van der Waals surface area contributed by atoms with E-state index in [1.807, 2.05) is 0 Å². The summed E-state index contributed by atoms with van der Waals surface area (Å²) >= 11 is 6.89. The van der Waals surface area contributed by atoms with Crippen molar-refractivity contribution in [2.75, 3.05) is 6.54 Å². The van der Waals surface area contributed by atoms with Gasteiger partial charge < -0.3 is 5.73 Å². The molecular formula is C9H16Cl2N2O2S2. The van der Waals surface area contributed by atoms with Gasteiger partial charge in [-0.05, 0) is 32.4 Å². The van der Waals surface area contributed by atoms with E-state index in [0.29, 0.717) is 4.34 Å². The Morgan fingerprint density at radius 1 is 1.53 bits per heavy atom. The highest BCUT2D eigenvalue weighted by Gasteiger charge is 2.26. The minimum Gasteiger partial charge on any atom is -0.329 e. The molecule has 3 N–H and O–H groups in total. The highest BCUT2D eigenvalue weighted by Crippen LogP contribution is 2.30. The summed E-state index contributed by atoms with van der Waals surface area (Å²) in [5.74, 6) is 0. The fourth-order valence-corrected chi connectivity index (χ4v) is 4.15. The molecule has 0 bridgehead atoms. The summed E-state index contributed by atoms with van der Waals surface area (Å²) in [6.07, 6.45) is 0. The molecule has 1 rings (SSSR count). The van der Waals surface area contributed by atoms with Crippen molar-refractivity contribution in [3.8, 4) is 0 Å². The van der Waals surface area contributed by atoms with E-state index in [9.17, 15) is 8.42 Å². The fraction of sp³-hybridized carbons (Fsp3) is 0.556. The molecule has 8 heteroatoms. The zero-order chi connectivity index (χ0) is 12.6. The Morgan fingerprint density at radius 3 is 2.41 bits per heavy atom. The Bertz CT molecular complexity index is 464. The van der Waals surface area contributed by atoms with Crippen LogP contribution in [0.1, 0.15) is 19.4 Å².